The molecule has 0 aromatic carbocycles. The van der Waals surface area contributed by atoms with Gasteiger partial charge in [0.15, 0.2) is 5.13 Å². The van der Waals surface area contributed by atoms with E-state index in [0.29, 0.717) is 15.8 Å². The molecule has 1 N–H and O–H groups in total. The van der Waals surface area contributed by atoms with Gasteiger partial charge in [-0.3, -0.25) is 10.1 Å². The lowest BCUT2D eigenvalue weighted by Gasteiger charge is -2.00. The van der Waals surface area contributed by atoms with Gasteiger partial charge in [0.1, 0.15) is 5.15 Å². The normalized spacial score (nSPS) is 10.6. The molecule has 21 heavy (non-hydrogen) atoms. The number of thiophene rings is 1. The maximum Gasteiger partial charge on any atom is 0.259 e. The summed E-state index contributed by atoms with van der Waals surface area (Å²) in [7, 11) is 0. The molecule has 3 rings (SSSR count). The highest BCUT2D eigenvalue weighted by Crippen LogP contribution is 2.30. The first-order valence-electron chi connectivity index (χ1n) is 6.07. The Hall–Kier alpha value is -1.76. The maximum atomic E-state index is 12.1. The molecule has 7 heteroatoms. The summed E-state index contributed by atoms with van der Waals surface area (Å²) in [5.41, 5.74) is 1.32. The molecule has 0 atom stereocenters. The molecule has 4 nitrogen and oxygen atoms in total. The van der Waals surface area contributed by atoms with Crippen molar-refractivity contribution in [2.75, 3.05) is 5.32 Å². The van der Waals surface area contributed by atoms with Crippen molar-refractivity contribution in [2.45, 2.75) is 6.92 Å². The van der Waals surface area contributed by atoms with Crippen LogP contribution in [0, 0.1) is 6.92 Å². The predicted octanol–water partition coefficient (Wildman–Crippen LogP) is 4.48. The number of anilines is 1. The lowest BCUT2D eigenvalue weighted by Crippen LogP contribution is -2.11. The molecule has 0 aliphatic carbocycles. The Bertz CT molecular complexity index is 780. The Balaban J connectivity index is 1.75. The molecule has 3 aromatic heterocycles. The first-order chi connectivity index (χ1) is 10.1. The van der Waals surface area contributed by atoms with Gasteiger partial charge in [-0.25, -0.2) is 9.97 Å². The average molecular weight is 336 g/mol. The molecule has 0 spiro atoms. The van der Waals surface area contributed by atoms with Crippen LogP contribution in [0.5, 0.6) is 0 Å². The van der Waals surface area contributed by atoms with Crippen molar-refractivity contribution in [3.63, 3.8) is 0 Å². The van der Waals surface area contributed by atoms with Crippen LogP contribution in [0.2, 0.25) is 5.15 Å². The topological polar surface area (TPSA) is 54.9 Å². The van der Waals surface area contributed by atoms with Gasteiger partial charge < -0.3 is 0 Å². The van der Waals surface area contributed by atoms with Crippen LogP contribution < -0.4 is 5.32 Å². The highest BCUT2D eigenvalue weighted by atomic mass is 35.5. The van der Waals surface area contributed by atoms with E-state index in [2.05, 4.69) is 28.3 Å². The number of nitrogens with zero attached hydrogens (tertiary/aromatic N) is 2. The summed E-state index contributed by atoms with van der Waals surface area (Å²) in [5, 5.41) is 5.62. The lowest BCUT2D eigenvalue weighted by atomic mass is 10.3. The number of hydrogen-bond acceptors (Lipinski definition) is 5. The van der Waals surface area contributed by atoms with E-state index in [0.717, 1.165) is 10.6 Å². The summed E-state index contributed by atoms with van der Waals surface area (Å²) in [4.78, 5) is 22.7. The number of aryl methyl sites for hydroxylation is 1. The summed E-state index contributed by atoms with van der Waals surface area (Å²) in [6.07, 6.45) is 1.44. The van der Waals surface area contributed by atoms with E-state index in [1.54, 1.807) is 23.5 Å². The lowest BCUT2D eigenvalue weighted by molar-refractivity contribution is 0.102. The van der Waals surface area contributed by atoms with E-state index >= 15 is 0 Å². The number of carbonyl (C=O) groups is 1. The Morgan fingerprint density at radius 2 is 2.14 bits per heavy atom. The minimum absolute atomic E-state index is 0.248. The predicted molar refractivity (Wildman–Crippen MR) is 87.4 cm³/mol. The van der Waals surface area contributed by atoms with Crippen LogP contribution >= 0.6 is 34.3 Å². The Morgan fingerprint density at radius 1 is 1.29 bits per heavy atom. The van der Waals surface area contributed by atoms with Crippen molar-refractivity contribution in [3.8, 4) is 10.6 Å². The number of halogens is 1. The van der Waals surface area contributed by atoms with Crippen molar-refractivity contribution in [2.24, 2.45) is 0 Å². The Morgan fingerprint density at radius 3 is 2.81 bits per heavy atom. The fourth-order valence-corrected chi connectivity index (χ4v) is 3.42. The van der Waals surface area contributed by atoms with E-state index in [1.807, 2.05) is 11.4 Å². The monoisotopic (exact) mass is 335 g/mol. The number of carbonyl (C=O) groups excluding carboxylic acids is 1. The molecule has 1 amide bonds. The largest absolute Gasteiger partial charge is 0.298 e. The number of thiazole rings is 1. The fourth-order valence-electron chi connectivity index (χ4n) is 1.70. The molecule has 0 unspecified atom stereocenters. The van der Waals surface area contributed by atoms with Gasteiger partial charge in [-0.1, -0.05) is 11.6 Å². The van der Waals surface area contributed by atoms with Gasteiger partial charge in [-0.05, 0) is 31.2 Å². The minimum atomic E-state index is -0.248. The molecule has 3 heterocycles. The number of hydrogen-bond donors (Lipinski definition) is 1. The number of amides is 1. The molecule has 0 aliphatic heterocycles. The van der Waals surface area contributed by atoms with Gasteiger partial charge in [-0.15, -0.1) is 22.7 Å². The number of rotatable bonds is 3. The average Bonchev–Trinajstić information content (AvgIpc) is 3.08. The Kier molecular flexibility index (Phi) is 4.01. The first kappa shape index (κ1) is 14.2. The third-order valence-corrected chi connectivity index (χ3v) is 4.71. The second-order valence-electron chi connectivity index (χ2n) is 4.27. The van der Waals surface area contributed by atoms with Crippen LogP contribution in [0.4, 0.5) is 5.13 Å². The highest BCUT2D eigenvalue weighted by Gasteiger charge is 2.11. The van der Waals surface area contributed by atoms with Crippen molar-refractivity contribution in [3.05, 3.63) is 51.4 Å². The summed E-state index contributed by atoms with van der Waals surface area (Å²) in [5.74, 6) is -0.248. The molecule has 0 radical (unpaired) electrons. The van der Waals surface area contributed by atoms with Crippen LogP contribution in [-0.4, -0.2) is 15.9 Å². The van der Waals surface area contributed by atoms with Crippen LogP contribution in [0.25, 0.3) is 10.6 Å². The van der Waals surface area contributed by atoms with Crippen LogP contribution in [-0.2, 0) is 0 Å². The first-order valence-corrected chi connectivity index (χ1v) is 8.14. The van der Waals surface area contributed by atoms with Crippen molar-refractivity contribution in [1.82, 2.24) is 9.97 Å². The molecular weight excluding hydrogens is 326 g/mol. The minimum Gasteiger partial charge on any atom is -0.298 e. The quantitative estimate of drug-likeness (QED) is 0.718. The molecule has 0 bridgehead atoms. The second-order valence-corrected chi connectivity index (χ2v) is 6.81. The van der Waals surface area contributed by atoms with E-state index in [4.69, 9.17) is 11.6 Å². The highest BCUT2D eigenvalue weighted by molar-refractivity contribution is 7.17. The standard InChI is InChI=1S/C14H10ClN3OS2/c1-8-2-4-11(21-8)10-7-20-14(17-10)18-13(19)9-3-5-12(15)16-6-9/h2-7H,1H3,(H,17,18,19). The van der Waals surface area contributed by atoms with Crippen molar-refractivity contribution in [1.29, 1.82) is 0 Å². The maximum absolute atomic E-state index is 12.1. The van der Waals surface area contributed by atoms with E-state index < -0.39 is 0 Å². The molecular formula is C14H10ClN3OS2. The van der Waals surface area contributed by atoms with Crippen molar-refractivity contribution < 1.29 is 4.79 Å². The Labute approximate surface area is 134 Å². The van der Waals surface area contributed by atoms with Gasteiger partial charge in [0.05, 0.1) is 16.1 Å². The van der Waals surface area contributed by atoms with Gasteiger partial charge in [0.25, 0.3) is 5.91 Å². The SMILES string of the molecule is Cc1ccc(-c2csc(NC(=O)c3ccc(Cl)nc3)n2)s1. The molecule has 0 aliphatic rings. The fraction of sp³-hybridized carbons (Fsp3) is 0.0714. The van der Waals surface area contributed by atoms with E-state index in [1.165, 1.54) is 22.4 Å². The van der Waals surface area contributed by atoms with Crippen LogP contribution in [0.3, 0.4) is 0 Å². The van der Waals surface area contributed by atoms with Gasteiger partial charge in [0.2, 0.25) is 0 Å². The molecule has 106 valence electrons. The third-order valence-electron chi connectivity index (χ3n) is 2.71. The van der Waals surface area contributed by atoms with E-state index in [9.17, 15) is 4.79 Å². The van der Waals surface area contributed by atoms with E-state index in [-0.39, 0.29) is 5.91 Å². The smallest absolute Gasteiger partial charge is 0.259 e. The van der Waals surface area contributed by atoms with Gasteiger partial charge in [0, 0.05) is 16.5 Å². The zero-order valence-electron chi connectivity index (χ0n) is 11.0. The molecule has 0 saturated heterocycles. The number of aromatic nitrogens is 2. The second kappa shape index (κ2) is 5.93. The van der Waals surface area contributed by atoms with Crippen LogP contribution in [0.1, 0.15) is 15.2 Å². The molecule has 3 aromatic rings. The summed E-state index contributed by atoms with van der Waals surface area (Å²) >= 11 is 8.77. The van der Waals surface area contributed by atoms with Gasteiger partial charge >= 0.3 is 0 Å². The van der Waals surface area contributed by atoms with Gasteiger partial charge in [-0.2, -0.15) is 0 Å². The number of nitrogens with one attached hydrogen (secondary N) is 1. The molecule has 0 fully saturated rings. The molecule has 0 saturated carbocycles. The zero-order valence-corrected chi connectivity index (χ0v) is 13.4. The number of pyridine rings is 1. The summed E-state index contributed by atoms with van der Waals surface area (Å²) in [6.45, 7) is 2.05. The summed E-state index contributed by atoms with van der Waals surface area (Å²) in [6, 6.07) is 7.29. The van der Waals surface area contributed by atoms with Crippen molar-refractivity contribution >= 4 is 45.3 Å². The van der Waals surface area contributed by atoms with Crippen LogP contribution in [0.15, 0.2) is 35.8 Å². The summed E-state index contributed by atoms with van der Waals surface area (Å²) < 4.78 is 0. The third kappa shape index (κ3) is 3.29. The zero-order chi connectivity index (χ0) is 14.8.